The standard InChI is InChI=1S/C15H19ClN4O2/c1-11-2-3-14(22-11)13(20-4-6-21-7-5-20)10-19-15-17-8-12(16)9-18-15/h2-3,8-9,13H,4-7,10H2,1H3,(H,17,18,19)/t13-/m1/s1. The summed E-state index contributed by atoms with van der Waals surface area (Å²) in [4.78, 5) is 10.7. The fourth-order valence-electron chi connectivity index (χ4n) is 2.52. The molecule has 0 unspecified atom stereocenters. The minimum Gasteiger partial charge on any atom is -0.465 e. The minimum atomic E-state index is 0.122. The van der Waals surface area contributed by atoms with Gasteiger partial charge in [-0.1, -0.05) is 11.6 Å². The summed E-state index contributed by atoms with van der Waals surface area (Å²) in [5.74, 6) is 2.42. The fourth-order valence-corrected chi connectivity index (χ4v) is 2.62. The highest BCUT2D eigenvalue weighted by Gasteiger charge is 2.25. The summed E-state index contributed by atoms with van der Waals surface area (Å²) in [6.07, 6.45) is 3.16. The van der Waals surface area contributed by atoms with Crippen LogP contribution in [0, 0.1) is 6.92 Å². The summed E-state index contributed by atoms with van der Waals surface area (Å²) in [5, 5.41) is 3.78. The van der Waals surface area contributed by atoms with Crippen molar-refractivity contribution in [3.63, 3.8) is 0 Å². The van der Waals surface area contributed by atoms with Crippen molar-refractivity contribution in [1.82, 2.24) is 14.9 Å². The number of furan rings is 1. The Bertz CT molecular complexity index is 596. The SMILES string of the molecule is Cc1ccc([C@@H](CNc2ncc(Cl)cn2)N2CCOCC2)o1. The summed E-state index contributed by atoms with van der Waals surface area (Å²) in [5.41, 5.74) is 0. The van der Waals surface area contributed by atoms with E-state index in [1.807, 2.05) is 19.1 Å². The molecule has 0 bridgehead atoms. The number of morpholine rings is 1. The lowest BCUT2D eigenvalue weighted by Gasteiger charge is -2.33. The second kappa shape index (κ2) is 7.09. The molecular formula is C15H19ClN4O2. The summed E-state index contributed by atoms with van der Waals surface area (Å²) in [6, 6.07) is 4.14. The third-order valence-electron chi connectivity index (χ3n) is 3.65. The van der Waals surface area contributed by atoms with E-state index in [4.69, 9.17) is 20.8 Å². The van der Waals surface area contributed by atoms with Crippen LogP contribution in [0.1, 0.15) is 17.6 Å². The van der Waals surface area contributed by atoms with Gasteiger partial charge in [0, 0.05) is 19.6 Å². The molecule has 0 spiro atoms. The van der Waals surface area contributed by atoms with E-state index in [1.165, 1.54) is 0 Å². The van der Waals surface area contributed by atoms with Crippen molar-refractivity contribution in [2.45, 2.75) is 13.0 Å². The third kappa shape index (κ3) is 3.76. The van der Waals surface area contributed by atoms with Crippen LogP contribution in [0.5, 0.6) is 0 Å². The van der Waals surface area contributed by atoms with E-state index in [1.54, 1.807) is 12.4 Å². The molecular weight excluding hydrogens is 304 g/mol. The molecule has 1 atom stereocenters. The van der Waals surface area contributed by atoms with Crippen LogP contribution < -0.4 is 5.32 Å². The molecule has 1 aliphatic rings. The minimum absolute atomic E-state index is 0.122. The maximum atomic E-state index is 5.82. The first-order valence-electron chi connectivity index (χ1n) is 7.32. The number of nitrogens with zero attached hydrogens (tertiary/aromatic N) is 3. The first-order valence-corrected chi connectivity index (χ1v) is 7.70. The monoisotopic (exact) mass is 322 g/mol. The predicted molar refractivity (Wildman–Crippen MR) is 84.1 cm³/mol. The Morgan fingerprint density at radius 2 is 2.00 bits per heavy atom. The second-order valence-corrected chi connectivity index (χ2v) is 5.65. The van der Waals surface area contributed by atoms with Crippen LogP contribution in [0.4, 0.5) is 5.95 Å². The summed E-state index contributed by atoms with van der Waals surface area (Å²) in [7, 11) is 0. The number of aromatic nitrogens is 2. The van der Waals surface area contributed by atoms with Gasteiger partial charge in [-0.05, 0) is 19.1 Å². The van der Waals surface area contributed by atoms with Crippen molar-refractivity contribution >= 4 is 17.5 Å². The molecule has 6 nitrogen and oxygen atoms in total. The highest BCUT2D eigenvalue weighted by Crippen LogP contribution is 2.24. The number of anilines is 1. The Kier molecular flexibility index (Phi) is 4.92. The molecule has 1 aliphatic heterocycles. The Morgan fingerprint density at radius 3 is 2.64 bits per heavy atom. The van der Waals surface area contributed by atoms with Crippen LogP contribution in [0.2, 0.25) is 5.02 Å². The first kappa shape index (κ1) is 15.3. The van der Waals surface area contributed by atoms with E-state index in [2.05, 4.69) is 20.2 Å². The molecule has 22 heavy (non-hydrogen) atoms. The average Bonchev–Trinajstić information content (AvgIpc) is 2.97. The zero-order valence-corrected chi connectivity index (χ0v) is 13.2. The summed E-state index contributed by atoms with van der Waals surface area (Å²) in [6.45, 7) is 5.87. The Labute approximate surface area is 134 Å². The van der Waals surface area contributed by atoms with E-state index >= 15 is 0 Å². The van der Waals surface area contributed by atoms with E-state index in [9.17, 15) is 0 Å². The lowest BCUT2D eigenvalue weighted by Crippen LogP contribution is -2.41. The maximum absolute atomic E-state index is 5.82. The van der Waals surface area contributed by atoms with Crippen molar-refractivity contribution in [3.05, 3.63) is 41.1 Å². The molecule has 0 aromatic carbocycles. The normalized spacial score (nSPS) is 17.4. The lowest BCUT2D eigenvalue weighted by molar-refractivity contribution is 0.0143. The zero-order chi connectivity index (χ0) is 15.4. The van der Waals surface area contributed by atoms with Crippen LogP contribution in [0.15, 0.2) is 28.9 Å². The number of hydrogen-bond acceptors (Lipinski definition) is 6. The molecule has 3 rings (SSSR count). The van der Waals surface area contributed by atoms with Crippen molar-refractivity contribution in [1.29, 1.82) is 0 Å². The average molecular weight is 323 g/mol. The molecule has 1 fully saturated rings. The largest absolute Gasteiger partial charge is 0.465 e. The smallest absolute Gasteiger partial charge is 0.222 e. The number of aryl methyl sites for hydroxylation is 1. The molecule has 0 saturated carbocycles. The summed E-state index contributed by atoms with van der Waals surface area (Å²) >= 11 is 5.80. The topological polar surface area (TPSA) is 63.4 Å². The number of hydrogen-bond donors (Lipinski definition) is 1. The second-order valence-electron chi connectivity index (χ2n) is 5.22. The van der Waals surface area contributed by atoms with Gasteiger partial charge in [-0.2, -0.15) is 0 Å². The van der Waals surface area contributed by atoms with Gasteiger partial charge in [0.15, 0.2) is 0 Å². The van der Waals surface area contributed by atoms with Gasteiger partial charge in [-0.25, -0.2) is 9.97 Å². The van der Waals surface area contributed by atoms with Crippen molar-refractivity contribution in [3.8, 4) is 0 Å². The van der Waals surface area contributed by atoms with Crippen molar-refractivity contribution in [2.75, 3.05) is 38.2 Å². The molecule has 1 N–H and O–H groups in total. The van der Waals surface area contributed by atoms with E-state index < -0.39 is 0 Å². The van der Waals surface area contributed by atoms with Crippen LogP contribution >= 0.6 is 11.6 Å². The summed E-state index contributed by atoms with van der Waals surface area (Å²) < 4.78 is 11.3. The van der Waals surface area contributed by atoms with Gasteiger partial charge in [0.05, 0.1) is 36.7 Å². The molecule has 2 aromatic rings. The van der Waals surface area contributed by atoms with Crippen LogP contribution in [0.25, 0.3) is 0 Å². The molecule has 0 aliphatic carbocycles. The highest BCUT2D eigenvalue weighted by molar-refractivity contribution is 6.30. The van der Waals surface area contributed by atoms with Crippen molar-refractivity contribution in [2.24, 2.45) is 0 Å². The van der Waals surface area contributed by atoms with E-state index in [-0.39, 0.29) is 6.04 Å². The molecule has 118 valence electrons. The molecule has 1 saturated heterocycles. The van der Waals surface area contributed by atoms with Gasteiger partial charge in [0.2, 0.25) is 5.95 Å². The Balaban J connectivity index is 1.71. The van der Waals surface area contributed by atoms with Crippen molar-refractivity contribution < 1.29 is 9.15 Å². The van der Waals surface area contributed by atoms with Gasteiger partial charge in [0.25, 0.3) is 0 Å². The fraction of sp³-hybridized carbons (Fsp3) is 0.467. The number of rotatable bonds is 5. The van der Waals surface area contributed by atoms with Gasteiger partial charge >= 0.3 is 0 Å². The molecule has 7 heteroatoms. The predicted octanol–water partition coefficient (Wildman–Crippen LogP) is 2.52. The lowest BCUT2D eigenvalue weighted by atomic mass is 10.1. The maximum Gasteiger partial charge on any atom is 0.222 e. The Hall–Kier alpha value is -1.63. The quantitative estimate of drug-likeness (QED) is 0.912. The number of ether oxygens (including phenoxy) is 1. The number of halogens is 1. The van der Waals surface area contributed by atoms with E-state index in [0.29, 0.717) is 17.5 Å². The van der Waals surface area contributed by atoms with Gasteiger partial charge in [-0.3, -0.25) is 4.90 Å². The molecule has 3 heterocycles. The van der Waals surface area contributed by atoms with Crippen LogP contribution in [0.3, 0.4) is 0 Å². The third-order valence-corrected chi connectivity index (χ3v) is 3.85. The molecule has 2 aromatic heterocycles. The van der Waals surface area contributed by atoms with Gasteiger partial charge in [0.1, 0.15) is 11.5 Å². The van der Waals surface area contributed by atoms with Crippen LogP contribution in [-0.4, -0.2) is 47.7 Å². The molecule has 0 amide bonds. The Morgan fingerprint density at radius 1 is 1.27 bits per heavy atom. The van der Waals surface area contributed by atoms with Crippen LogP contribution in [-0.2, 0) is 4.74 Å². The van der Waals surface area contributed by atoms with E-state index in [0.717, 1.165) is 37.8 Å². The van der Waals surface area contributed by atoms with Gasteiger partial charge in [-0.15, -0.1) is 0 Å². The number of nitrogens with one attached hydrogen (secondary N) is 1. The molecule has 0 radical (unpaired) electrons. The highest BCUT2D eigenvalue weighted by atomic mass is 35.5. The van der Waals surface area contributed by atoms with Gasteiger partial charge < -0.3 is 14.5 Å². The first-order chi connectivity index (χ1) is 10.7. The zero-order valence-electron chi connectivity index (χ0n) is 12.5.